The van der Waals surface area contributed by atoms with Crippen molar-refractivity contribution >= 4 is 16.6 Å². The van der Waals surface area contributed by atoms with Crippen molar-refractivity contribution in [2.24, 2.45) is 0 Å². The van der Waals surface area contributed by atoms with Crippen molar-refractivity contribution in [2.45, 2.75) is 6.42 Å². The van der Waals surface area contributed by atoms with E-state index in [-0.39, 0.29) is 0 Å². The minimum atomic E-state index is 0.967. The minimum absolute atomic E-state index is 0.967. The van der Waals surface area contributed by atoms with E-state index in [2.05, 4.69) is 57.4 Å². The molecular weight excluding hydrogens is 310 g/mol. The van der Waals surface area contributed by atoms with Gasteiger partial charge in [-0.05, 0) is 30.2 Å². The van der Waals surface area contributed by atoms with Crippen LogP contribution in [0.1, 0.15) is 5.56 Å². The van der Waals surface area contributed by atoms with E-state index in [9.17, 15) is 0 Å². The highest BCUT2D eigenvalue weighted by Gasteiger charge is 2.19. The second kappa shape index (κ2) is 7.19. The van der Waals surface area contributed by atoms with E-state index in [1.54, 1.807) is 7.11 Å². The van der Waals surface area contributed by atoms with Gasteiger partial charge in [0, 0.05) is 49.8 Å². The third-order valence-corrected chi connectivity index (χ3v) is 5.17. The van der Waals surface area contributed by atoms with Crippen LogP contribution >= 0.6 is 0 Å². The van der Waals surface area contributed by atoms with Crippen LogP contribution in [-0.2, 0) is 6.42 Å². The second-order valence-electron chi connectivity index (χ2n) is 6.61. The molecule has 25 heavy (non-hydrogen) atoms. The molecule has 1 fully saturated rings. The number of benzene rings is 2. The number of hydrogen-bond donors (Lipinski definition) is 1. The Hall–Kier alpha value is -2.46. The van der Waals surface area contributed by atoms with Crippen molar-refractivity contribution in [1.29, 1.82) is 0 Å². The topological polar surface area (TPSA) is 31.5 Å². The molecule has 1 saturated heterocycles. The maximum Gasteiger partial charge on any atom is 0.142 e. The number of ether oxygens (including phenoxy) is 1. The molecule has 4 rings (SSSR count). The molecule has 0 aliphatic carbocycles. The molecule has 130 valence electrons. The van der Waals surface area contributed by atoms with Crippen LogP contribution in [0.2, 0.25) is 0 Å². The van der Waals surface area contributed by atoms with Gasteiger partial charge in [-0.25, -0.2) is 0 Å². The predicted octanol–water partition coefficient (Wildman–Crippen LogP) is 3.54. The van der Waals surface area contributed by atoms with Gasteiger partial charge in [-0.1, -0.05) is 30.3 Å². The Morgan fingerprint density at radius 2 is 1.72 bits per heavy atom. The smallest absolute Gasteiger partial charge is 0.142 e. The fourth-order valence-electron chi connectivity index (χ4n) is 3.72. The van der Waals surface area contributed by atoms with E-state index in [0.29, 0.717) is 0 Å². The number of aromatic nitrogens is 1. The van der Waals surface area contributed by atoms with Gasteiger partial charge in [0.1, 0.15) is 5.75 Å². The Labute approximate surface area is 149 Å². The molecule has 1 N–H and O–H groups in total. The van der Waals surface area contributed by atoms with Gasteiger partial charge in [0.15, 0.2) is 0 Å². The molecule has 2 aromatic carbocycles. The van der Waals surface area contributed by atoms with Crippen LogP contribution < -0.4 is 9.64 Å². The lowest BCUT2D eigenvalue weighted by atomic mass is 10.1. The molecule has 0 atom stereocenters. The number of nitrogens with one attached hydrogen (secondary N) is 1. The van der Waals surface area contributed by atoms with Crippen molar-refractivity contribution in [2.75, 3.05) is 44.7 Å². The highest BCUT2D eigenvalue weighted by Crippen LogP contribution is 2.28. The predicted molar refractivity (Wildman–Crippen MR) is 104 cm³/mol. The normalized spacial score (nSPS) is 15.6. The van der Waals surface area contributed by atoms with Gasteiger partial charge in [-0.2, -0.15) is 0 Å². The molecule has 0 bridgehead atoms. The average Bonchev–Trinajstić information content (AvgIpc) is 3.10. The van der Waals surface area contributed by atoms with E-state index in [1.165, 1.54) is 22.2 Å². The van der Waals surface area contributed by atoms with E-state index in [4.69, 9.17) is 4.74 Å². The molecule has 1 aromatic heterocycles. The number of H-pyrrole nitrogens is 1. The highest BCUT2D eigenvalue weighted by molar-refractivity contribution is 5.83. The summed E-state index contributed by atoms with van der Waals surface area (Å²) in [5.41, 5.74) is 3.86. The van der Waals surface area contributed by atoms with Crippen molar-refractivity contribution in [1.82, 2.24) is 9.88 Å². The summed E-state index contributed by atoms with van der Waals surface area (Å²) in [4.78, 5) is 8.37. The van der Waals surface area contributed by atoms with E-state index < -0.39 is 0 Å². The fraction of sp³-hybridized carbons (Fsp3) is 0.333. The Kier molecular flexibility index (Phi) is 4.61. The first-order chi connectivity index (χ1) is 12.3. The van der Waals surface area contributed by atoms with Crippen LogP contribution in [-0.4, -0.2) is 49.7 Å². The van der Waals surface area contributed by atoms with Crippen LogP contribution in [0.3, 0.4) is 0 Å². The van der Waals surface area contributed by atoms with Crippen molar-refractivity contribution < 1.29 is 4.74 Å². The van der Waals surface area contributed by atoms with Gasteiger partial charge in [0.25, 0.3) is 0 Å². The number of rotatable bonds is 5. The first-order valence-corrected chi connectivity index (χ1v) is 9.00. The van der Waals surface area contributed by atoms with Crippen molar-refractivity contribution in [3.05, 3.63) is 60.3 Å². The molecule has 3 aromatic rings. The number of anilines is 1. The molecule has 2 heterocycles. The molecule has 0 saturated carbocycles. The van der Waals surface area contributed by atoms with E-state index in [0.717, 1.165) is 44.9 Å². The summed E-state index contributed by atoms with van der Waals surface area (Å²) >= 11 is 0. The van der Waals surface area contributed by atoms with Gasteiger partial charge in [0.2, 0.25) is 0 Å². The van der Waals surface area contributed by atoms with Crippen molar-refractivity contribution in [3.63, 3.8) is 0 Å². The van der Waals surface area contributed by atoms with Gasteiger partial charge >= 0.3 is 0 Å². The summed E-state index contributed by atoms with van der Waals surface area (Å²) in [6.45, 7) is 5.41. The van der Waals surface area contributed by atoms with Crippen LogP contribution in [0.15, 0.2) is 54.7 Å². The van der Waals surface area contributed by atoms with Gasteiger partial charge in [0.05, 0.1) is 12.8 Å². The van der Waals surface area contributed by atoms with Crippen LogP contribution in [0.25, 0.3) is 10.9 Å². The third kappa shape index (κ3) is 3.35. The standard InChI is InChI=1S/C21H25N3O/c1-25-21-9-5-4-8-20(21)24-14-12-23(13-15-24)11-10-17-16-22-19-7-3-2-6-18(17)19/h2-9,16,22H,10-15H2,1H3. The molecule has 0 unspecified atom stereocenters. The number of fused-ring (bicyclic) bond motifs is 1. The Bertz CT molecular complexity index is 834. The third-order valence-electron chi connectivity index (χ3n) is 5.17. The van der Waals surface area contributed by atoms with Crippen molar-refractivity contribution in [3.8, 4) is 5.75 Å². The molecule has 1 aliphatic heterocycles. The highest BCUT2D eigenvalue weighted by atomic mass is 16.5. The van der Waals surface area contributed by atoms with Gasteiger partial charge in [-0.15, -0.1) is 0 Å². The summed E-state index contributed by atoms with van der Waals surface area (Å²) in [5.74, 6) is 0.967. The van der Waals surface area contributed by atoms with E-state index in [1.807, 2.05) is 12.1 Å². The maximum absolute atomic E-state index is 5.50. The lowest BCUT2D eigenvalue weighted by Gasteiger charge is -2.36. The first kappa shape index (κ1) is 16.0. The molecule has 0 radical (unpaired) electrons. The molecule has 4 nitrogen and oxygen atoms in total. The largest absolute Gasteiger partial charge is 0.495 e. The zero-order valence-electron chi connectivity index (χ0n) is 14.7. The zero-order valence-corrected chi connectivity index (χ0v) is 14.7. The number of hydrogen-bond acceptors (Lipinski definition) is 3. The van der Waals surface area contributed by atoms with E-state index >= 15 is 0 Å². The Morgan fingerprint density at radius 3 is 2.56 bits per heavy atom. The van der Waals surface area contributed by atoms with Crippen LogP contribution in [0, 0.1) is 0 Å². The molecular formula is C21H25N3O. The molecule has 0 spiro atoms. The van der Waals surface area contributed by atoms with Crippen LogP contribution in [0.4, 0.5) is 5.69 Å². The maximum atomic E-state index is 5.50. The summed E-state index contributed by atoms with van der Waals surface area (Å²) in [7, 11) is 1.75. The fourth-order valence-corrected chi connectivity index (χ4v) is 3.72. The lowest BCUT2D eigenvalue weighted by molar-refractivity contribution is 0.260. The second-order valence-corrected chi connectivity index (χ2v) is 6.61. The average molecular weight is 335 g/mol. The summed E-state index contributed by atoms with van der Waals surface area (Å²) in [5, 5.41) is 1.36. The Morgan fingerprint density at radius 1 is 0.960 bits per heavy atom. The number of methoxy groups -OCH3 is 1. The van der Waals surface area contributed by atoms with Gasteiger partial charge < -0.3 is 14.6 Å². The minimum Gasteiger partial charge on any atom is -0.495 e. The quantitative estimate of drug-likeness (QED) is 0.774. The zero-order chi connectivity index (χ0) is 17.1. The number of para-hydroxylation sites is 3. The first-order valence-electron chi connectivity index (χ1n) is 9.00. The molecule has 0 amide bonds. The number of nitrogens with zero attached hydrogens (tertiary/aromatic N) is 2. The van der Waals surface area contributed by atoms with Crippen LogP contribution in [0.5, 0.6) is 5.75 Å². The number of aromatic amines is 1. The number of piperazine rings is 1. The molecule has 1 aliphatic rings. The van der Waals surface area contributed by atoms with Gasteiger partial charge in [-0.3, -0.25) is 4.90 Å². The molecule has 4 heteroatoms. The Balaban J connectivity index is 1.35. The summed E-state index contributed by atoms with van der Waals surface area (Å²) in [6, 6.07) is 16.9. The monoisotopic (exact) mass is 335 g/mol. The summed E-state index contributed by atoms with van der Waals surface area (Å²) < 4.78 is 5.50. The lowest BCUT2D eigenvalue weighted by Crippen LogP contribution is -2.47. The summed E-state index contributed by atoms with van der Waals surface area (Å²) in [6.07, 6.45) is 3.26. The SMILES string of the molecule is COc1ccccc1N1CCN(CCc2c[nH]c3ccccc23)CC1.